The van der Waals surface area contributed by atoms with Crippen molar-refractivity contribution in [2.45, 2.75) is 0 Å². The van der Waals surface area contributed by atoms with Crippen LogP contribution in [0, 0.1) is 6.07 Å². The van der Waals surface area contributed by atoms with Gasteiger partial charge in [-0.05, 0) is 18.2 Å². The summed E-state index contributed by atoms with van der Waals surface area (Å²) in [6.07, 6.45) is 1.72. The number of pyridine rings is 1. The Morgan fingerprint density at radius 3 is 2.64 bits per heavy atom. The van der Waals surface area contributed by atoms with Crippen LogP contribution in [0.5, 0.6) is 0 Å². The average molecular weight is 223 g/mol. The number of rotatable bonds is 1. The Morgan fingerprint density at radius 2 is 2.00 bits per heavy atom. The van der Waals surface area contributed by atoms with Crippen molar-refractivity contribution in [2.75, 3.05) is 0 Å². The summed E-state index contributed by atoms with van der Waals surface area (Å²) in [4.78, 5) is 4.16. The number of halogens is 2. The fourth-order valence-corrected chi connectivity index (χ4v) is 1.42. The molecular formula is C11H6Cl2N. The first-order chi connectivity index (χ1) is 6.77. The first kappa shape index (κ1) is 9.50. The molecule has 0 aliphatic rings. The fraction of sp³-hybridized carbons (Fsp3) is 0. The maximum atomic E-state index is 5.89. The topological polar surface area (TPSA) is 12.9 Å². The lowest BCUT2D eigenvalue weighted by atomic mass is 10.1. The Labute approximate surface area is 92.3 Å². The fourth-order valence-electron chi connectivity index (χ4n) is 1.13. The highest BCUT2D eigenvalue weighted by Gasteiger charge is 2.02. The minimum Gasteiger partial charge on any atom is -0.256 e. The predicted octanol–water partition coefficient (Wildman–Crippen LogP) is 3.86. The highest BCUT2D eigenvalue weighted by molar-refractivity contribution is 6.42. The van der Waals surface area contributed by atoms with E-state index in [4.69, 9.17) is 23.2 Å². The Bertz CT molecular complexity index is 440. The molecule has 0 spiro atoms. The van der Waals surface area contributed by atoms with Crippen LogP contribution in [0.15, 0.2) is 36.5 Å². The van der Waals surface area contributed by atoms with Crippen molar-refractivity contribution in [2.24, 2.45) is 0 Å². The molecule has 0 amide bonds. The second-order valence-electron chi connectivity index (χ2n) is 2.76. The first-order valence-electron chi connectivity index (χ1n) is 4.05. The number of hydrogen-bond donors (Lipinski definition) is 0. The van der Waals surface area contributed by atoms with Gasteiger partial charge >= 0.3 is 0 Å². The molecule has 0 atom stereocenters. The minimum absolute atomic E-state index is 0.531. The molecule has 69 valence electrons. The molecule has 0 aliphatic carbocycles. The van der Waals surface area contributed by atoms with Crippen molar-refractivity contribution in [1.82, 2.24) is 4.98 Å². The van der Waals surface area contributed by atoms with Gasteiger partial charge in [0.1, 0.15) is 0 Å². The van der Waals surface area contributed by atoms with Crippen LogP contribution in [0.3, 0.4) is 0 Å². The number of aromatic nitrogens is 1. The highest BCUT2D eigenvalue weighted by Crippen LogP contribution is 2.26. The van der Waals surface area contributed by atoms with Gasteiger partial charge in [0.15, 0.2) is 0 Å². The van der Waals surface area contributed by atoms with Crippen molar-refractivity contribution in [3.8, 4) is 11.3 Å². The molecule has 0 saturated heterocycles. The van der Waals surface area contributed by atoms with Crippen molar-refractivity contribution < 1.29 is 0 Å². The molecule has 1 aromatic carbocycles. The molecule has 0 bridgehead atoms. The molecule has 1 nitrogen and oxygen atoms in total. The van der Waals surface area contributed by atoms with E-state index in [-0.39, 0.29) is 0 Å². The zero-order valence-electron chi connectivity index (χ0n) is 7.17. The van der Waals surface area contributed by atoms with E-state index in [1.54, 1.807) is 18.3 Å². The highest BCUT2D eigenvalue weighted by atomic mass is 35.5. The molecule has 1 aromatic heterocycles. The van der Waals surface area contributed by atoms with E-state index in [1.165, 1.54) is 0 Å². The van der Waals surface area contributed by atoms with Gasteiger partial charge in [-0.15, -0.1) is 0 Å². The van der Waals surface area contributed by atoms with E-state index >= 15 is 0 Å². The third-order valence-corrected chi connectivity index (χ3v) is 2.54. The van der Waals surface area contributed by atoms with Gasteiger partial charge in [0, 0.05) is 17.8 Å². The van der Waals surface area contributed by atoms with Gasteiger partial charge in [-0.1, -0.05) is 35.3 Å². The molecule has 2 rings (SSSR count). The van der Waals surface area contributed by atoms with E-state index in [9.17, 15) is 0 Å². The van der Waals surface area contributed by atoms with Gasteiger partial charge in [0.05, 0.1) is 15.7 Å². The van der Waals surface area contributed by atoms with Crippen molar-refractivity contribution >= 4 is 23.2 Å². The molecule has 0 unspecified atom stereocenters. The number of hydrogen-bond acceptors (Lipinski definition) is 1. The minimum atomic E-state index is 0.531. The third-order valence-electron chi connectivity index (χ3n) is 1.80. The Balaban J connectivity index is 2.48. The smallest absolute Gasteiger partial charge is 0.0781 e. The van der Waals surface area contributed by atoms with Crippen LogP contribution >= 0.6 is 23.2 Å². The SMILES string of the molecule is Clc1ccc(-c2[c]cccn2)cc1Cl. The van der Waals surface area contributed by atoms with Gasteiger partial charge < -0.3 is 0 Å². The monoisotopic (exact) mass is 222 g/mol. The zero-order valence-corrected chi connectivity index (χ0v) is 8.68. The quantitative estimate of drug-likeness (QED) is 0.715. The molecule has 0 aliphatic heterocycles. The van der Waals surface area contributed by atoms with Crippen LogP contribution in [-0.2, 0) is 0 Å². The van der Waals surface area contributed by atoms with Gasteiger partial charge in [-0.25, -0.2) is 0 Å². The summed E-state index contributed by atoms with van der Waals surface area (Å²) in [6, 6.07) is 12.0. The second kappa shape index (κ2) is 3.99. The molecular weight excluding hydrogens is 217 g/mol. The summed E-state index contributed by atoms with van der Waals surface area (Å²) >= 11 is 11.7. The lowest BCUT2D eigenvalue weighted by Gasteiger charge is -2.01. The molecule has 0 N–H and O–H groups in total. The van der Waals surface area contributed by atoms with Gasteiger partial charge in [0.2, 0.25) is 0 Å². The second-order valence-corrected chi connectivity index (χ2v) is 3.57. The predicted molar refractivity (Wildman–Crippen MR) is 58.5 cm³/mol. The Hall–Kier alpha value is -1.05. The van der Waals surface area contributed by atoms with Crippen LogP contribution in [0.1, 0.15) is 0 Å². The largest absolute Gasteiger partial charge is 0.256 e. The average Bonchev–Trinajstić information content (AvgIpc) is 2.23. The molecule has 1 heterocycles. The van der Waals surface area contributed by atoms with Gasteiger partial charge in [-0.3, -0.25) is 4.98 Å². The summed E-state index contributed by atoms with van der Waals surface area (Å²) in [6.45, 7) is 0. The van der Waals surface area contributed by atoms with Gasteiger partial charge in [-0.2, -0.15) is 0 Å². The Kier molecular flexibility index (Phi) is 2.71. The van der Waals surface area contributed by atoms with Crippen LogP contribution in [-0.4, -0.2) is 4.98 Å². The van der Waals surface area contributed by atoms with E-state index < -0.39 is 0 Å². The van der Waals surface area contributed by atoms with Gasteiger partial charge in [0.25, 0.3) is 0 Å². The van der Waals surface area contributed by atoms with E-state index in [2.05, 4.69) is 11.1 Å². The van der Waals surface area contributed by atoms with Crippen LogP contribution in [0.25, 0.3) is 11.3 Å². The summed E-state index contributed by atoms with van der Waals surface area (Å²) in [5.74, 6) is 0. The summed E-state index contributed by atoms with van der Waals surface area (Å²) in [5, 5.41) is 1.08. The zero-order chi connectivity index (χ0) is 9.97. The summed E-state index contributed by atoms with van der Waals surface area (Å²) in [7, 11) is 0. The van der Waals surface area contributed by atoms with E-state index in [0.29, 0.717) is 10.0 Å². The van der Waals surface area contributed by atoms with Crippen LogP contribution < -0.4 is 0 Å². The first-order valence-corrected chi connectivity index (χ1v) is 4.81. The summed E-state index contributed by atoms with van der Waals surface area (Å²) < 4.78 is 0. The molecule has 3 heteroatoms. The summed E-state index contributed by atoms with van der Waals surface area (Å²) in [5.41, 5.74) is 1.69. The van der Waals surface area contributed by atoms with Crippen molar-refractivity contribution in [3.05, 3.63) is 52.6 Å². The van der Waals surface area contributed by atoms with Crippen LogP contribution in [0.4, 0.5) is 0 Å². The number of nitrogens with zero attached hydrogens (tertiary/aromatic N) is 1. The molecule has 14 heavy (non-hydrogen) atoms. The van der Waals surface area contributed by atoms with Crippen molar-refractivity contribution in [1.29, 1.82) is 0 Å². The lowest BCUT2D eigenvalue weighted by molar-refractivity contribution is 1.32. The van der Waals surface area contributed by atoms with Crippen LogP contribution in [0.2, 0.25) is 10.0 Å². The van der Waals surface area contributed by atoms with E-state index in [0.717, 1.165) is 11.3 Å². The standard InChI is InChI=1S/C11H6Cl2N/c12-9-5-4-8(7-10(9)13)11-3-1-2-6-14-11/h1-2,4-7H. The lowest BCUT2D eigenvalue weighted by Crippen LogP contribution is -1.82. The van der Waals surface area contributed by atoms with E-state index in [1.807, 2.05) is 18.2 Å². The normalized spacial score (nSPS) is 10.1. The third kappa shape index (κ3) is 1.89. The molecule has 0 fully saturated rings. The van der Waals surface area contributed by atoms with Crippen molar-refractivity contribution in [3.63, 3.8) is 0 Å². The maximum absolute atomic E-state index is 5.89. The molecule has 2 aromatic rings. The molecule has 0 saturated carbocycles. The molecule has 1 radical (unpaired) electrons. The Morgan fingerprint density at radius 1 is 1.14 bits per heavy atom. The maximum Gasteiger partial charge on any atom is 0.0781 e. The number of benzene rings is 1.